The molecule has 0 spiro atoms. The molecule has 1 saturated heterocycles. The number of anilines is 1. The molecule has 0 aliphatic carbocycles. The van der Waals surface area contributed by atoms with E-state index in [1.165, 1.54) is 22.8 Å². The number of aromatic hydroxyl groups is 1. The number of carbonyl (C=O) groups is 1. The van der Waals surface area contributed by atoms with Gasteiger partial charge in [0.15, 0.2) is 11.5 Å². The lowest BCUT2D eigenvalue weighted by Crippen LogP contribution is -2.55. The zero-order valence-corrected chi connectivity index (χ0v) is 25.7. The van der Waals surface area contributed by atoms with Crippen LogP contribution in [0.4, 0.5) is 19.4 Å². The summed E-state index contributed by atoms with van der Waals surface area (Å²) in [4.78, 5) is 43.6. The Kier molecular flexibility index (Phi) is 8.28. The van der Waals surface area contributed by atoms with Crippen LogP contribution in [-0.2, 0) is 11.2 Å². The number of nitrogens with zero attached hydrogens (tertiary/aromatic N) is 6. The minimum atomic E-state index is -0.900. The van der Waals surface area contributed by atoms with Crippen LogP contribution in [0.1, 0.15) is 52.3 Å². The molecule has 12 heteroatoms. The van der Waals surface area contributed by atoms with Gasteiger partial charge >= 0.3 is 11.8 Å². The topological polar surface area (TPSA) is 114 Å². The number of carbonyl (C=O) groups excluding carboxylic acids is 1. The van der Waals surface area contributed by atoms with E-state index in [1.807, 2.05) is 25.7 Å². The number of hydrogen-bond acceptors (Lipinski definition) is 8. The van der Waals surface area contributed by atoms with Gasteiger partial charge in [-0.25, -0.2) is 27.9 Å². The van der Waals surface area contributed by atoms with Crippen LogP contribution in [0.25, 0.3) is 28.0 Å². The van der Waals surface area contributed by atoms with Gasteiger partial charge in [-0.15, -0.1) is 0 Å². The Hall–Kier alpha value is -4.61. The van der Waals surface area contributed by atoms with Crippen LogP contribution in [-0.4, -0.2) is 66.9 Å². The first-order chi connectivity index (χ1) is 20.8. The van der Waals surface area contributed by atoms with Crippen LogP contribution in [0, 0.1) is 18.6 Å². The van der Waals surface area contributed by atoms with Crippen LogP contribution >= 0.6 is 0 Å². The largest absolute Gasteiger partial charge is 0.507 e. The monoisotopic (exact) mass is 606 g/mol. The summed E-state index contributed by atoms with van der Waals surface area (Å²) < 4.78 is 37.7. The number of rotatable bonds is 5. The standard InChI is InChI=1S/C32H36F2N6O4/c1-7-9-23-27(18(2)12-13-35-23)40-29-20(16-22(34)26(36-29)25-21(33)10-8-11-24(25)41)28(37-30(40)42)39-15-14-38(17-19(39)3)31(43)44-32(4,5)6/h8,10-13,16,19,41H,7,9,14-15,17H2,1-6H3/t19-/m0/s1. The lowest BCUT2D eigenvalue weighted by molar-refractivity contribution is 0.0218. The fourth-order valence-corrected chi connectivity index (χ4v) is 5.55. The van der Waals surface area contributed by atoms with Gasteiger partial charge < -0.3 is 19.6 Å². The molecule has 1 N–H and O–H groups in total. The van der Waals surface area contributed by atoms with Gasteiger partial charge in [0.25, 0.3) is 0 Å². The average molecular weight is 607 g/mol. The molecule has 0 bridgehead atoms. The number of fused-ring (bicyclic) bond motifs is 1. The second-order valence-electron chi connectivity index (χ2n) is 12.0. The van der Waals surface area contributed by atoms with Gasteiger partial charge in [-0.1, -0.05) is 19.4 Å². The highest BCUT2D eigenvalue weighted by Crippen LogP contribution is 2.36. The summed E-state index contributed by atoms with van der Waals surface area (Å²) in [6.45, 7) is 11.9. The highest BCUT2D eigenvalue weighted by molar-refractivity contribution is 5.91. The molecule has 1 aliphatic heterocycles. The fraction of sp³-hybridized carbons (Fsp3) is 0.406. The fourth-order valence-electron chi connectivity index (χ4n) is 5.55. The molecule has 0 saturated carbocycles. The third kappa shape index (κ3) is 5.80. The Bertz CT molecular complexity index is 1780. The molecular formula is C32H36F2N6O4. The van der Waals surface area contributed by atoms with Gasteiger partial charge in [0, 0.05) is 31.9 Å². The molecule has 44 heavy (non-hydrogen) atoms. The number of phenolic OH excluding ortho intramolecular Hbond substituents is 1. The van der Waals surface area contributed by atoms with E-state index in [4.69, 9.17) is 4.74 Å². The number of aryl methyl sites for hydroxylation is 2. The maximum Gasteiger partial charge on any atom is 0.410 e. The summed E-state index contributed by atoms with van der Waals surface area (Å²) in [6, 6.07) is 6.24. The van der Waals surface area contributed by atoms with Crippen LogP contribution < -0.4 is 10.6 Å². The molecular weight excluding hydrogens is 570 g/mol. The summed E-state index contributed by atoms with van der Waals surface area (Å²) in [7, 11) is 0. The van der Waals surface area contributed by atoms with E-state index in [-0.39, 0.29) is 42.5 Å². The number of aromatic nitrogens is 4. The molecule has 4 aromatic rings. The molecule has 0 unspecified atom stereocenters. The molecule has 0 radical (unpaired) electrons. The van der Waals surface area contributed by atoms with Crippen molar-refractivity contribution >= 4 is 22.9 Å². The Labute approximate surface area is 254 Å². The number of piperazine rings is 1. The number of benzene rings is 1. The van der Waals surface area contributed by atoms with Crippen LogP contribution in [0.2, 0.25) is 0 Å². The number of pyridine rings is 2. The summed E-state index contributed by atoms with van der Waals surface area (Å²) in [5.41, 5.74) is -0.337. The Morgan fingerprint density at radius 2 is 1.89 bits per heavy atom. The van der Waals surface area contributed by atoms with E-state index in [1.54, 1.807) is 37.9 Å². The van der Waals surface area contributed by atoms with Gasteiger partial charge in [-0.05, 0) is 70.9 Å². The van der Waals surface area contributed by atoms with Crippen LogP contribution in [0.15, 0.2) is 41.3 Å². The van der Waals surface area contributed by atoms with Gasteiger partial charge in [0.1, 0.15) is 28.7 Å². The number of ether oxygens (including phenoxy) is 1. The van der Waals surface area contributed by atoms with Crippen LogP contribution in [0.3, 0.4) is 0 Å². The van der Waals surface area contributed by atoms with Crippen molar-refractivity contribution in [1.82, 2.24) is 24.4 Å². The number of phenols is 1. The molecule has 1 aromatic carbocycles. The third-order valence-electron chi connectivity index (χ3n) is 7.49. The average Bonchev–Trinajstić information content (AvgIpc) is 2.93. The number of hydrogen-bond donors (Lipinski definition) is 1. The minimum Gasteiger partial charge on any atom is -0.507 e. The first-order valence-electron chi connectivity index (χ1n) is 14.6. The molecule has 3 aromatic heterocycles. The molecule has 4 heterocycles. The third-order valence-corrected chi connectivity index (χ3v) is 7.49. The summed E-state index contributed by atoms with van der Waals surface area (Å²) >= 11 is 0. The van der Waals surface area contributed by atoms with Gasteiger partial charge in [-0.3, -0.25) is 4.98 Å². The normalized spacial score (nSPS) is 15.6. The van der Waals surface area contributed by atoms with Crippen molar-refractivity contribution in [3.05, 3.63) is 69.9 Å². The number of amides is 1. The van der Waals surface area contributed by atoms with Crippen molar-refractivity contribution < 1.29 is 23.4 Å². The van der Waals surface area contributed by atoms with Crippen LogP contribution in [0.5, 0.6) is 5.75 Å². The van der Waals surface area contributed by atoms with E-state index >= 15 is 4.39 Å². The Morgan fingerprint density at radius 1 is 1.14 bits per heavy atom. The second kappa shape index (κ2) is 11.8. The highest BCUT2D eigenvalue weighted by Gasteiger charge is 2.33. The van der Waals surface area contributed by atoms with Gasteiger partial charge in [0.05, 0.1) is 22.3 Å². The van der Waals surface area contributed by atoms with Gasteiger partial charge in [-0.2, -0.15) is 4.98 Å². The van der Waals surface area contributed by atoms with Crippen molar-refractivity contribution in [2.45, 2.75) is 66.0 Å². The maximum atomic E-state index is 15.9. The van der Waals surface area contributed by atoms with Crippen molar-refractivity contribution in [3.8, 4) is 22.7 Å². The lowest BCUT2D eigenvalue weighted by Gasteiger charge is -2.41. The predicted molar refractivity (Wildman–Crippen MR) is 163 cm³/mol. The molecule has 1 fully saturated rings. The summed E-state index contributed by atoms with van der Waals surface area (Å²) in [5.74, 6) is -2.07. The van der Waals surface area contributed by atoms with E-state index in [9.17, 15) is 19.1 Å². The maximum absolute atomic E-state index is 15.9. The zero-order valence-electron chi connectivity index (χ0n) is 25.7. The predicted octanol–water partition coefficient (Wildman–Crippen LogP) is 5.53. The molecule has 10 nitrogen and oxygen atoms in total. The van der Waals surface area contributed by atoms with Crippen molar-refractivity contribution in [2.75, 3.05) is 24.5 Å². The number of halogens is 2. The lowest BCUT2D eigenvalue weighted by atomic mass is 10.1. The molecule has 1 atom stereocenters. The summed E-state index contributed by atoms with van der Waals surface area (Å²) in [5, 5.41) is 10.7. The first kappa shape index (κ1) is 30.8. The van der Waals surface area contributed by atoms with E-state index < -0.39 is 46.0 Å². The van der Waals surface area contributed by atoms with Gasteiger partial charge in [0.2, 0.25) is 0 Å². The van der Waals surface area contributed by atoms with Crippen molar-refractivity contribution in [3.63, 3.8) is 0 Å². The molecule has 5 rings (SSSR count). The first-order valence-corrected chi connectivity index (χ1v) is 14.6. The second-order valence-corrected chi connectivity index (χ2v) is 12.0. The zero-order chi connectivity index (χ0) is 31.9. The smallest absolute Gasteiger partial charge is 0.410 e. The van der Waals surface area contributed by atoms with E-state index in [0.29, 0.717) is 17.8 Å². The Balaban J connectivity index is 1.73. The SMILES string of the molecule is CCCc1nccc(C)c1-n1c(=O)nc(N2CCN(C(=O)OC(C)(C)C)C[C@@H]2C)c2cc(F)c(-c3c(O)cccc3F)nc21. The molecule has 1 amide bonds. The highest BCUT2D eigenvalue weighted by atomic mass is 19.1. The molecule has 232 valence electrons. The molecule has 1 aliphatic rings. The summed E-state index contributed by atoms with van der Waals surface area (Å²) in [6.07, 6.45) is 2.51. The quantitative estimate of drug-likeness (QED) is 0.316. The van der Waals surface area contributed by atoms with Crippen molar-refractivity contribution in [2.24, 2.45) is 0 Å². The van der Waals surface area contributed by atoms with E-state index in [0.717, 1.165) is 18.1 Å². The minimum absolute atomic E-state index is 0.0364. The Morgan fingerprint density at radius 3 is 2.55 bits per heavy atom. The van der Waals surface area contributed by atoms with E-state index in [2.05, 4.69) is 15.0 Å². The van der Waals surface area contributed by atoms with Crippen molar-refractivity contribution in [1.29, 1.82) is 0 Å².